The topological polar surface area (TPSA) is 92.3 Å². The van der Waals surface area contributed by atoms with Gasteiger partial charge in [-0.3, -0.25) is 4.79 Å². The van der Waals surface area contributed by atoms with Gasteiger partial charge in [-0.15, -0.1) is 0 Å². The van der Waals surface area contributed by atoms with E-state index in [0.717, 1.165) is 11.1 Å². The zero-order valence-corrected chi connectivity index (χ0v) is 17.0. The molecule has 0 aromatic heterocycles. The predicted octanol–water partition coefficient (Wildman–Crippen LogP) is 4.40. The minimum atomic E-state index is -3.98. The number of hydrogen-bond donors (Lipinski definition) is 2. The molecule has 152 valence electrons. The highest BCUT2D eigenvalue weighted by molar-refractivity contribution is 7.90. The molecule has 2 N–H and O–H groups in total. The van der Waals surface area contributed by atoms with Gasteiger partial charge in [0, 0.05) is 11.3 Å². The van der Waals surface area contributed by atoms with Crippen molar-refractivity contribution in [2.45, 2.75) is 11.8 Å². The van der Waals surface area contributed by atoms with E-state index in [9.17, 15) is 18.0 Å². The molecule has 0 atom stereocenters. The second kappa shape index (κ2) is 9.19. The van der Waals surface area contributed by atoms with Crippen LogP contribution in [0.4, 0.5) is 10.5 Å². The number of nitrogens with one attached hydrogen (secondary N) is 2. The predicted molar refractivity (Wildman–Crippen MR) is 117 cm³/mol. The molecule has 3 aromatic rings. The molecular weight excluding hydrogens is 400 g/mol. The Kier molecular flexibility index (Phi) is 6.44. The number of anilines is 1. The summed E-state index contributed by atoms with van der Waals surface area (Å²) in [5, 5.41) is 2.44. The third-order valence-corrected chi connectivity index (χ3v) is 5.56. The molecule has 0 spiro atoms. The van der Waals surface area contributed by atoms with E-state index in [1.807, 2.05) is 42.0 Å². The van der Waals surface area contributed by atoms with Crippen molar-refractivity contribution < 1.29 is 18.0 Å². The molecule has 0 aliphatic heterocycles. The van der Waals surface area contributed by atoms with Crippen LogP contribution in [0.25, 0.3) is 6.08 Å². The number of aryl methyl sites for hydroxylation is 1. The molecular formula is C23H20N2O4S. The van der Waals surface area contributed by atoms with Crippen molar-refractivity contribution >= 4 is 33.6 Å². The van der Waals surface area contributed by atoms with E-state index in [-0.39, 0.29) is 10.7 Å². The first-order valence-corrected chi connectivity index (χ1v) is 10.6. The van der Waals surface area contributed by atoms with Gasteiger partial charge in [-0.25, -0.2) is 17.9 Å². The van der Waals surface area contributed by atoms with Crippen LogP contribution in [0.1, 0.15) is 21.5 Å². The molecule has 7 heteroatoms. The number of amides is 2. The fraction of sp³-hybridized carbons (Fsp3) is 0.0435. The zero-order valence-electron chi connectivity index (χ0n) is 16.2. The Bertz CT molecular complexity index is 1170. The van der Waals surface area contributed by atoms with E-state index in [1.165, 1.54) is 30.3 Å². The van der Waals surface area contributed by atoms with Crippen LogP contribution in [0, 0.1) is 6.92 Å². The molecule has 0 radical (unpaired) electrons. The van der Waals surface area contributed by atoms with Gasteiger partial charge in [-0.1, -0.05) is 54.1 Å². The molecule has 30 heavy (non-hydrogen) atoms. The van der Waals surface area contributed by atoms with Crippen molar-refractivity contribution in [1.29, 1.82) is 0 Å². The molecule has 3 rings (SSSR count). The van der Waals surface area contributed by atoms with Crippen LogP contribution < -0.4 is 10.0 Å². The van der Waals surface area contributed by atoms with Crippen LogP contribution in [0.2, 0.25) is 0 Å². The van der Waals surface area contributed by atoms with Crippen LogP contribution >= 0.6 is 0 Å². The molecule has 0 aliphatic rings. The number of sulfonamides is 1. The minimum absolute atomic E-state index is 0.00519. The highest BCUT2D eigenvalue weighted by Crippen LogP contribution is 2.13. The maximum absolute atomic E-state index is 12.3. The Balaban J connectivity index is 1.61. The molecule has 6 nitrogen and oxygen atoms in total. The maximum Gasteiger partial charge on any atom is 0.333 e. The average Bonchev–Trinajstić information content (AvgIpc) is 2.73. The second-order valence-corrected chi connectivity index (χ2v) is 8.24. The molecule has 2 amide bonds. The van der Waals surface area contributed by atoms with E-state index in [4.69, 9.17) is 0 Å². The summed E-state index contributed by atoms with van der Waals surface area (Å²) >= 11 is 0. The molecule has 0 heterocycles. The van der Waals surface area contributed by atoms with Gasteiger partial charge in [0.05, 0.1) is 4.90 Å². The molecule has 0 saturated heterocycles. The molecule has 0 aliphatic carbocycles. The van der Waals surface area contributed by atoms with Gasteiger partial charge in [0.2, 0.25) is 0 Å². The summed E-state index contributed by atoms with van der Waals surface area (Å²) in [4.78, 5) is 24.3. The Morgan fingerprint density at radius 1 is 0.833 bits per heavy atom. The van der Waals surface area contributed by atoms with E-state index in [2.05, 4.69) is 5.32 Å². The molecule has 0 fully saturated rings. The number of allylic oxidation sites excluding steroid dienone is 1. The van der Waals surface area contributed by atoms with Crippen molar-refractivity contribution in [3.05, 3.63) is 102 Å². The lowest BCUT2D eigenvalue weighted by Crippen LogP contribution is -2.34. The number of ketones is 1. The van der Waals surface area contributed by atoms with E-state index in [0.29, 0.717) is 11.3 Å². The fourth-order valence-electron chi connectivity index (χ4n) is 2.61. The SMILES string of the molecule is Cc1ccc(S(=O)(=O)NC(=O)Nc2ccc(C(=O)/C=C/c3ccccc3)cc2)cc1. The van der Waals surface area contributed by atoms with Gasteiger partial charge in [0.25, 0.3) is 10.0 Å². The first-order chi connectivity index (χ1) is 14.3. The summed E-state index contributed by atoms with van der Waals surface area (Å²) < 4.78 is 26.5. The number of hydrogen-bond acceptors (Lipinski definition) is 4. The highest BCUT2D eigenvalue weighted by atomic mass is 32.2. The smallest absolute Gasteiger partial charge is 0.307 e. The molecule has 0 bridgehead atoms. The monoisotopic (exact) mass is 420 g/mol. The average molecular weight is 420 g/mol. The van der Waals surface area contributed by atoms with Crippen LogP contribution in [-0.2, 0) is 10.0 Å². The van der Waals surface area contributed by atoms with Gasteiger partial charge < -0.3 is 5.32 Å². The van der Waals surface area contributed by atoms with Crippen molar-refractivity contribution in [3.63, 3.8) is 0 Å². The number of benzene rings is 3. The third kappa shape index (κ3) is 5.65. The van der Waals surface area contributed by atoms with E-state index in [1.54, 1.807) is 30.3 Å². The number of carbonyl (C=O) groups is 2. The van der Waals surface area contributed by atoms with Gasteiger partial charge in [0.1, 0.15) is 0 Å². The number of urea groups is 1. The van der Waals surface area contributed by atoms with E-state index < -0.39 is 16.1 Å². The van der Waals surface area contributed by atoms with E-state index >= 15 is 0 Å². The normalized spacial score (nSPS) is 11.2. The van der Waals surface area contributed by atoms with Crippen molar-refractivity contribution in [2.24, 2.45) is 0 Å². The second-order valence-electron chi connectivity index (χ2n) is 6.56. The lowest BCUT2D eigenvalue weighted by atomic mass is 10.1. The standard InChI is InChI=1S/C23H20N2O4S/c1-17-7-14-21(15-8-17)30(28,29)25-23(27)24-20-12-10-19(11-13-20)22(26)16-9-18-5-3-2-4-6-18/h2-16H,1H3,(H2,24,25,27)/b16-9+. The van der Waals surface area contributed by atoms with Crippen LogP contribution in [0.15, 0.2) is 89.8 Å². The molecule has 0 unspecified atom stereocenters. The summed E-state index contributed by atoms with van der Waals surface area (Å²) in [5.41, 5.74) is 2.62. The third-order valence-electron chi connectivity index (χ3n) is 4.21. The zero-order chi connectivity index (χ0) is 21.6. The van der Waals surface area contributed by atoms with Crippen molar-refractivity contribution in [1.82, 2.24) is 4.72 Å². The van der Waals surface area contributed by atoms with Gasteiger partial charge in [-0.05, 0) is 55.0 Å². The van der Waals surface area contributed by atoms with Crippen molar-refractivity contribution in [2.75, 3.05) is 5.32 Å². The largest absolute Gasteiger partial charge is 0.333 e. The van der Waals surface area contributed by atoms with Crippen molar-refractivity contribution in [3.8, 4) is 0 Å². The maximum atomic E-state index is 12.3. The highest BCUT2D eigenvalue weighted by Gasteiger charge is 2.17. The molecule has 0 saturated carbocycles. The van der Waals surface area contributed by atoms with Crippen LogP contribution in [0.5, 0.6) is 0 Å². The van der Waals surface area contributed by atoms with Crippen LogP contribution in [0.3, 0.4) is 0 Å². The van der Waals surface area contributed by atoms with Gasteiger partial charge in [-0.2, -0.15) is 0 Å². The fourth-order valence-corrected chi connectivity index (χ4v) is 3.51. The van der Waals surface area contributed by atoms with Crippen LogP contribution in [-0.4, -0.2) is 20.2 Å². The Morgan fingerprint density at radius 2 is 1.47 bits per heavy atom. The van der Waals surface area contributed by atoms with Gasteiger partial charge in [0.15, 0.2) is 5.78 Å². The minimum Gasteiger partial charge on any atom is -0.307 e. The Labute approximate surface area is 175 Å². The summed E-state index contributed by atoms with van der Waals surface area (Å²) in [6, 6.07) is 20.9. The Hall–Kier alpha value is -3.71. The lowest BCUT2D eigenvalue weighted by Gasteiger charge is -2.09. The summed E-state index contributed by atoms with van der Waals surface area (Å²) in [5.74, 6) is -0.184. The first kappa shape index (κ1) is 21.0. The lowest BCUT2D eigenvalue weighted by molar-refractivity contribution is 0.104. The quantitative estimate of drug-likeness (QED) is 0.457. The molecule has 3 aromatic carbocycles. The summed E-state index contributed by atoms with van der Waals surface area (Å²) in [7, 11) is -3.98. The number of rotatable bonds is 6. The summed E-state index contributed by atoms with van der Waals surface area (Å²) in [6.07, 6.45) is 3.19. The van der Waals surface area contributed by atoms with Gasteiger partial charge >= 0.3 is 6.03 Å². The summed E-state index contributed by atoms with van der Waals surface area (Å²) in [6.45, 7) is 1.84. The number of carbonyl (C=O) groups excluding carboxylic acids is 2. The first-order valence-electron chi connectivity index (χ1n) is 9.11. The Morgan fingerprint density at radius 3 is 2.10 bits per heavy atom.